The number of hydrogen-bond donors (Lipinski definition) is 0. The van der Waals surface area contributed by atoms with Crippen LogP contribution in [-0.4, -0.2) is 20.9 Å². The molecular formula is C18H28O3Si. The Kier molecular flexibility index (Phi) is 6.57. The predicted octanol–water partition coefficient (Wildman–Crippen LogP) is 4.87. The van der Waals surface area contributed by atoms with Crippen molar-refractivity contribution in [3.63, 3.8) is 0 Å². The molecule has 1 rings (SSSR count). The molecule has 0 saturated carbocycles. The summed E-state index contributed by atoms with van der Waals surface area (Å²) in [7, 11) is -1.89. The average Bonchev–Trinajstić information content (AvgIpc) is 2.41. The van der Waals surface area contributed by atoms with Gasteiger partial charge in [0.1, 0.15) is 6.61 Å². The summed E-state index contributed by atoms with van der Waals surface area (Å²) in [4.78, 5) is 10.8. The van der Waals surface area contributed by atoms with Gasteiger partial charge in [0.25, 0.3) is 0 Å². The lowest BCUT2D eigenvalue weighted by molar-refractivity contribution is -0.139. The van der Waals surface area contributed by atoms with Crippen LogP contribution in [0.3, 0.4) is 0 Å². The zero-order valence-electron chi connectivity index (χ0n) is 14.6. The van der Waals surface area contributed by atoms with E-state index in [9.17, 15) is 4.79 Å². The summed E-state index contributed by atoms with van der Waals surface area (Å²) in [6, 6.07) is 10.1. The van der Waals surface area contributed by atoms with Gasteiger partial charge >= 0.3 is 5.97 Å². The smallest absolute Gasteiger partial charge is 0.302 e. The lowest BCUT2D eigenvalue weighted by atomic mass is 10.1. The van der Waals surface area contributed by atoms with Crippen molar-refractivity contribution >= 4 is 14.3 Å². The van der Waals surface area contributed by atoms with E-state index >= 15 is 0 Å². The van der Waals surface area contributed by atoms with E-state index in [1.807, 2.05) is 30.4 Å². The maximum Gasteiger partial charge on any atom is 0.302 e. The summed E-state index contributed by atoms with van der Waals surface area (Å²) in [5, 5.41) is 0.143. The molecule has 0 fully saturated rings. The van der Waals surface area contributed by atoms with E-state index < -0.39 is 8.32 Å². The number of ether oxygens (including phenoxy) is 1. The van der Waals surface area contributed by atoms with Gasteiger partial charge in [0.15, 0.2) is 8.32 Å². The van der Waals surface area contributed by atoms with Gasteiger partial charge < -0.3 is 9.16 Å². The summed E-state index contributed by atoms with van der Waals surface area (Å²) in [5.74, 6) is -0.272. The minimum absolute atomic E-state index is 0.113. The summed E-state index contributed by atoms with van der Waals surface area (Å²) >= 11 is 0. The highest BCUT2D eigenvalue weighted by atomic mass is 28.4. The molecule has 1 aromatic rings. The zero-order chi connectivity index (χ0) is 16.8. The van der Waals surface area contributed by atoms with Crippen LogP contribution in [0.25, 0.3) is 0 Å². The van der Waals surface area contributed by atoms with Crippen molar-refractivity contribution in [2.24, 2.45) is 0 Å². The molecule has 1 atom stereocenters. The first-order valence-electron chi connectivity index (χ1n) is 7.66. The minimum atomic E-state index is -1.89. The highest BCUT2D eigenvalue weighted by Gasteiger charge is 2.38. The summed E-state index contributed by atoms with van der Waals surface area (Å²) in [6.07, 6.45) is 3.72. The normalized spacial score (nSPS) is 14.1. The van der Waals surface area contributed by atoms with E-state index in [4.69, 9.17) is 9.16 Å². The van der Waals surface area contributed by atoms with Crippen LogP contribution in [0.5, 0.6) is 0 Å². The molecule has 1 aromatic carbocycles. The van der Waals surface area contributed by atoms with Crippen LogP contribution in [0.15, 0.2) is 42.5 Å². The topological polar surface area (TPSA) is 35.5 Å². The Morgan fingerprint density at radius 2 is 1.82 bits per heavy atom. The zero-order valence-corrected chi connectivity index (χ0v) is 15.6. The van der Waals surface area contributed by atoms with Crippen molar-refractivity contribution in [1.29, 1.82) is 0 Å². The molecule has 1 unspecified atom stereocenters. The molecule has 0 amide bonds. The number of carbonyl (C=O) groups excluding carboxylic acids is 1. The van der Waals surface area contributed by atoms with Crippen molar-refractivity contribution in [1.82, 2.24) is 0 Å². The largest absolute Gasteiger partial charge is 0.462 e. The van der Waals surface area contributed by atoms with E-state index in [0.717, 1.165) is 5.56 Å². The van der Waals surface area contributed by atoms with Crippen molar-refractivity contribution in [2.75, 3.05) is 6.61 Å². The van der Waals surface area contributed by atoms with Crippen molar-refractivity contribution in [3.8, 4) is 0 Å². The highest BCUT2D eigenvalue weighted by molar-refractivity contribution is 6.74. The molecule has 0 aromatic heterocycles. The summed E-state index contributed by atoms with van der Waals surface area (Å²) < 4.78 is 11.5. The van der Waals surface area contributed by atoms with E-state index in [2.05, 4.69) is 46.0 Å². The number of benzene rings is 1. The van der Waals surface area contributed by atoms with Gasteiger partial charge in [0, 0.05) is 6.92 Å². The third-order valence-corrected chi connectivity index (χ3v) is 8.51. The molecule has 0 aliphatic carbocycles. The fourth-order valence-electron chi connectivity index (χ4n) is 1.70. The average molecular weight is 321 g/mol. The Labute approximate surface area is 135 Å². The number of esters is 1. The van der Waals surface area contributed by atoms with E-state index in [-0.39, 0.29) is 23.7 Å². The quantitative estimate of drug-likeness (QED) is 0.426. The number of hydrogen-bond acceptors (Lipinski definition) is 3. The fourth-order valence-corrected chi connectivity index (χ4v) is 2.90. The molecule has 0 bridgehead atoms. The van der Waals surface area contributed by atoms with Crippen molar-refractivity contribution < 1.29 is 14.0 Å². The molecule has 4 heteroatoms. The Bertz CT molecular complexity index is 501. The molecule has 122 valence electrons. The summed E-state index contributed by atoms with van der Waals surface area (Å²) in [5.41, 5.74) is 1.12. The van der Waals surface area contributed by atoms with Gasteiger partial charge in [-0.1, -0.05) is 57.2 Å². The van der Waals surface area contributed by atoms with Gasteiger partial charge in [-0.3, -0.25) is 4.79 Å². The van der Waals surface area contributed by atoms with Crippen LogP contribution < -0.4 is 0 Å². The molecule has 22 heavy (non-hydrogen) atoms. The molecule has 0 spiro atoms. The number of rotatable bonds is 6. The SMILES string of the molecule is CC(=O)OC/C=C/C(O[Si](C)(C)C(C)(C)C)c1ccccc1. The first-order valence-corrected chi connectivity index (χ1v) is 10.6. The van der Waals surface area contributed by atoms with E-state index in [1.54, 1.807) is 0 Å². The molecule has 0 radical (unpaired) electrons. The Morgan fingerprint density at radius 1 is 1.23 bits per heavy atom. The second kappa shape index (κ2) is 7.74. The van der Waals surface area contributed by atoms with Crippen molar-refractivity contribution in [3.05, 3.63) is 48.0 Å². The lowest BCUT2D eigenvalue weighted by Gasteiger charge is -2.38. The van der Waals surface area contributed by atoms with Gasteiger partial charge in [-0.25, -0.2) is 0 Å². The van der Waals surface area contributed by atoms with Crippen LogP contribution in [0, 0.1) is 0 Å². The first-order chi connectivity index (χ1) is 10.1. The van der Waals surface area contributed by atoms with Crippen LogP contribution >= 0.6 is 0 Å². The molecule has 3 nitrogen and oxygen atoms in total. The van der Waals surface area contributed by atoms with Gasteiger partial charge in [0.05, 0.1) is 6.10 Å². The second-order valence-corrected chi connectivity index (χ2v) is 11.7. The monoisotopic (exact) mass is 320 g/mol. The molecule has 0 heterocycles. The van der Waals surface area contributed by atoms with Gasteiger partial charge in [-0.05, 0) is 29.8 Å². The van der Waals surface area contributed by atoms with E-state index in [0.29, 0.717) is 0 Å². The predicted molar refractivity (Wildman–Crippen MR) is 93.2 cm³/mol. The maximum atomic E-state index is 10.8. The third kappa shape index (κ3) is 5.77. The second-order valence-electron chi connectivity index (χ2n) is 6.94. The van der Waals surface area contributed by atoms with E-state index in [1.165, 1.54) is 6.92 Å². The molecule has 0 aliphatic rings. The Balaban J connectivity index is 2.91. The maximum absolute atomic E-state index is 10.8. The molecule has 0 aliphatic heterocycles. The highest BCUT2D eigenvalue weighted by Crippen LogP contribution is 2.40. The van der Waals surface area contributed by atoms with Crippen LogP contribution in [0.2, 0.25) is 18.1 Å². The number of carbonyl (C=O) groups is 1. The van der Waals surface area contributed by atoms with Crippen LogP contribution in [0.4, 0.5) is 0 Å². The molecule has 0 N–H and O–H groups in total. The molecular weight excluding hydrogens is 292 g/mol. The molecule has 0 saturated heterocycles. The fraction of sp³-hybridized carbons (Fsp3) is 0.500. The van der Waals surface area contributed by atoms with Gasteiger partial charge in [-0.2, -0.15) is 0 Å². The Morgan fingerprint density at radius 3 is 2.32 bits per heavy atom. The van der Waals surface area contributed by atoms with Crippen molar-refractivity contribution in [2.45, 2.75) is 51.9 Å². The van der Waals surface area contributed by atoms with Crippen LogP contribution in [0.1, 0.15) is 39.4 Å². The van der Waals surface area contributed by atoms with Gasteiger partial charge in [-0.15, -0.1) is 0 Å². The van der Waals surface area contributed by atoms with Gasteiger partial charge in [0.2, 0.25) is 0 Å². The minimum Gasteiger partial charge on any atom is -0.462 e. The standard InChI is InChI=1S/C18H28O3Si/c1-15(19)20-14-10-13-17(16-11-8-7-9-12-16)21-22(5,6)18(2,3)4/h7-13,17H,14H2,1-6H3/b13-10+. The third-order valence-electron chi connectivity index (χ3n) is 4.05. The Hall–Kier alpha value is -1.39. The van der Waals surface area contributed by atoms with Crippen LogP contribution in [-0.2, 0) is 14.0 Å². The first kappa shape index (κ1) is 18.7. The lowest BCUT2D eigenvalue weighted by Crippen LogP contribution is -2.41. The summed E-state index contributed by atoms with van der Waals surface area (Å²) in [6.45, 7) is 12.8.